The van der Waals surface area contributed by atoms with E-state index in [0.29, 0.717) is 6.04 Å². The molecule has 0 aliphatic heterocycles. The molecule has 1 heterocycles. The maximum Gasteiger partial charge on any atom is 0.206 e. The quantitative estimate of drug-likeness (QED) is 0.745. The van der Waals surface area contributed by atoms with Crippen LogP contribution in [-0.2, 0) is 0 Å². The van der Waals surface area contributed by atoms with Crippen LogP contribution >= 0.6 is 11.3 Å². The van der Waals surface area contributed by atoms with E-state index in [1.807, 2.05) is 12.3 Å². The SMILES string of the molecule is Cc1csc(=NC2CCCCC2)n1/N=C/c1c(O)cc(O)cc1O. The lowest BCUT2D eigenvalue weighted by atomic mass is 9.96. The Bertz CT molecular complexity index is 794. The molecular weight excluding hydrogens is 326 g/mol. The number of aromatic nitrogens is 1. The number of aromatic hydroxyl groups is 3. The van der Waals surface area contributed by atoms with Gasteiger partial charge in [-0.05, 0) is 19.8 Å². The number of phenols is 3. The molecule has 1 saturated carbocycles. The molecule has 1 fully saturated rings. The first kappa shape index (κ1) is 16.6. The van der Waals surface area contributed by atoms with Crippen molar-refractivity contribution >= 4 is 17.6 Å². The number of rotatable bonds is 3. The highest BCUT2D eigenvalue weighted by molar-refractivity contribution is 7.07. The van der Waals surface area contributed by atoms with E-state index in [1.54, 1.807) is 4.68 Å². The molecule has 128 valence electrons. The van der Waals surface area contributed by atoms with Crippen LogP contribution in [0.2, 0.25) is 0 Å². The van der Waals surface area contributed by atoms with Gasteiger partial charge in [0.1, 0.15) is 17.2 Å². The summed E-state index contributed by atoms with van der Waals surface area (Å²) in [4.78, 5) is 5.63. The molecular formula is C17H21N3O3S. The Balaban J connectivity index is 1.93. The second-order valence-corrected chi connectivity index (χ2v) is 6.87. The van der Waals surface area contributed by atoms with E-state index in [-0.39, 0.29) is 22.8 Å². The topological polar surface area (TPSA) is 90.3 Å². The van der Waals surface area contributed by atoms with Crippen molar-refractivity contribution in [2.75, 3.05) is 0 Å². The number of aryl methyl sites for hydroxylation is 1. The third kappa shape index (κ3) is 3.62. The van der Waals surface area contributed by atoms with Gasteiger partial charge >= 0.3 is 0 Å². The van der Waals surface area contributed by atoms with Crippen LogP contribution in [0.5, 0.6) is 17.2 Å². The van der Waals surface area contributed by atoms with Gasteiger partial charge in [-0.1, -0.05) is 19.3 Å². The Morgan fingerprint density at radius 3 is 2.46 bits per heavy atom. The third-order valence-corrected chi connectivity index (χ3v) is 5.09. The van der Waals surface area contributed by atoms with Gasteiger partial charge in [0, 0.05) is 17.5 Å². The van der Waals surface area contributed by atoms with Crippen LogP contribution in [0.3, 0.4) is 0 Å². The summed E-state index contributed by atoms with van der Waals surface area (Å²) in [6.07, 6.45) is 7.32. The molecule has 7 heteroatoms. The van der Waals surface area contributed by atoms with Crippen LogP contribution in [0.25, 0.3) is 0 Å². The Kier molecular flexibility index (Phi) is 4.89. The second-order valence-electron chi connectivity index (χ2n) is 6.03. The molecule has 6 nitrogen and oxygen atoms in total. The summed E-state index contributed by atoms with van der Waals surface area (Å²) in [6.45, 7) is 1.93. The molecule has 0 spiro atoms. The smallest absolute Gasteiger partial charge is 0.206 e. The summed E-state index contributed by atoms with van der Waals surface area (Å²) in [6, 6.07) is 2.67. The molecule has 1 aliphatic carbocycles. The third-order valence-electron chi connectivity index (χ3n) is 4.14. The summed E-state index contributed by atoms with van der Waals surface area (Å²) in [7, 11) is 0. The largest absolute Gasteiger partial charge is 0.508 e. The Hall–Kier alpha value is -2.28. The fourth-order valence-corrected chi connectivity index (χ4v) is 3.71. The van der Waals surface area contributed by atoms with Gasteiger partial charge in [-0.3, -0.25) is 4.99 Å². The average molecular weight is 347 g/mol. The standard InChI is InChI=1S/C17H21N3O3S/c1-11-10-24-17(19-12-5-3-2-4-6-12)20(11)18-9-14-15(22)7-13(21)8-16(14)23/h7-10,12,21-23H,2-6H2,1H3/b18-9+,19-17?. The van der Waals surface area contributed by atoms with E-state index in [2.05, 4.69) is 5.10 Å². The molecule has 0 bridgehead atoms. The second kappa shape index (κ2) is 7.09. The predicted octanol–water partition coefficient (Wildman–Crippen LogP) is 3.09. The summed E-state index contributed by atoms with van der Waals surface area (Å²) in [5.74, 6) is -0.652. The van der Waals surface area contributed by atoms with Gasteiger partial charge in [-0.2, -0.15) is 5.10 Å². The molecule has 2 aromatic rings. The lowest BCUT2D eigenvalue weighted by Crippen LogP contribution is -2.19. The molecule has 0 radical (unpaired) electrons. The highest BCUT2D eigenvalue weighted by Gasteiger charge is 2.13. The predicted molar refractivity (Wildman–Crippen MR) is 93.9 cm³/mol. The minimum absolute atomic E-state index is 0.162. The number of hydrogen-bond donors (Lipinski definition) is 3. The first-order valence-corrected chi connectivity index (χ1v) is 8.93. The van der Waals surface area contributed by atoms with Crippen molar-refractivity contribution in [3.8, 4) is 17.2 Å². The van der Waals surface area contributed by atoms with Crippen LogP contribution in [0.1, 0.15) is 43.4 Å². The first-order chi connectivity index (χ1) is 11.5. The molecule has 0 atom stereocenters. The fraction of sp³-hybridized carbons (Fsp3) is 0.412. The zero-order valence-electron chi connectivity index (χ0n) is 13.5. The lowest BCUT2D eigenvalue weighted by molar-refractivity contribution is 0.426. The molecule has 3 N–H and O–H groups in total. The van der Waals surface area contributed by atoms with Crippen LogP contribution in [0, 0.1) is 6.92 Å². The van der Waals surface area contributed by atoms with Crippen molar-refractivity contribution < 1.29 is 15.3 Å². The number of thiazole rings is 1. The Morgan fingerprint density at radius 1 is 1.12 bits per heavy atom. The van der Waals surface area contributed by atoms with Crippen molar-refractivity contribution in [3.05, 3.63) is 33.6 Å². The number of phenolic OH excluding ortho intramolecular Hbond substituents is 3. The highest BCUT2D eigenvalue weighted by Crippen LogP contribution is 2.30. The molecule has 1 aromatic carbocycles. The van der Waals surface area contributed by atoms with E-state index in [1.165, 1.54) is 48.9 Å². The average Bonchev–Trinajstić information content (AvgIpc) is 2.88. The number of nitrogens with zero attached hydrogens (tertiary/aromatic N) is 3. The van der Waals surface area contributed by atoms with Gasteiger partial charge < -0.3 is 15.3 Å². The molecule has 0 saturated heterocycles. The zero-order valence-corrected chi connectivity index (χ0v) is 14.3. The first-order valence-electron chi connectivity index (χ1n) is 8.05. The van der Waals surface area contributed by atoms with Crippen LogP contribution in [0.15, 0.2) is 27.6 Å². The van der Waals surface area contributed by atoms with Crippen molar-refractivity contribution in [2.45, 2.75) is 45.1 Å². The monoisotopic (exact) mass is 347 g/mol. The molecule has 0 amide bonds. The van der Waals surface area contributed by atoms with Crippen molar-refractivity contribution in [3.63, 3.8) is 0 Å². The molecule has 3 rings (SSSR count). The Morgan fingerprint density at radius 2 is 1.79 bits per heavy atom. The minimum atomic E-state index is -0.226. The fourth-order valence-electron chi connectivity index (χ4n) is 2.84. The Labute approximate surface area is 144 Å². The van der Waals surface area contributed by atoms with E-state index < -0.39 is 0 Å². The summed E-state index contributed by atoms with van der Waals surface area (Å²) >= 11 is 1.53. The number of hydrogen-bond acceptors (Lipinski definition) is 6. The van der Waals surface area contributed by atoms with E-state index in [4.69, 9.17) is 4.99 Å². The van der Waals surface area contributed by atoms with Gasteiger partial charge in [0.15, 0.2) is 0 Å². The maximum absolute atomic E-state index is 9.86. The van der Waals surface area contributed by atoms with Gasteiger partial charge in [-0.25, -0.2) is 4.68 Å². The summed E-state index contributed by atoms with van der Waals surface area (Å²) < 4.78 is 1.71. The lowest BCUT2D eigenvalue weighted by Gasteiger charge is -2.16. The van der Waals surface area contributed by atoms with Gasteiger partial charge in [-0.15, -0.1) is 11.3 Å². The van der Waals surface area contributed by atoms with Crippen LogP contribution in [0.4, 0.5) is 0 Å². The maximum atomic E-state index is 9.86. The van der Waals surface area contributed by atoms with Crippen molar-refractivity contribution in [2.24, 2.45) is 10.1 Å². The van der Waals surface area contributed by atoms with E-state index >= 15 is 0 Å². The minimum Gasteiger partial charge on any atom is -0.508 e. The van der Waals surface area contributed by atoms with Gasteiger partial charge in [0.25, 0.3) is 0 Å². The van der Waals surface area contributed by atoms with Crippen molar-refractivity contribution in [1.82, 2.24) is 4.68 Å². The van der Waals surface area contributed by atoms with E-state index in [9.17, 15) is 15.3 Å². The normalized spacial score (nSPS) is 17.0. The number of benzene rings is 1. The summed E-state index contributed by atoms with van der Waals surface area (Å²) in [5, 5.41) is 35.4. The molecule has 24 heavy (non-hydrogen) atoms. The van der Waals surface area contributed by atoms with E-state index in [0.717, 1.165) is 23.3 Å². The van der Waals surface area contributed by atoms with Gasteiger partial charge in [0.2, 0.25) is 4.80 Å². The van der Waals surface area contributed by atoms with Crippen LogP contribution < -0.4 is 4.80 Å². The van der Waals surface area contributed by atoms with Crippen LogP contribution in [-0.4, -0.2) is 32.3 Å². The molecule has 1 aromatic heterocycles. The molecule has 0 unspecified atom stereocenters. The molecule has 1 aliphatic rings. The highest BCUT2D eigenvalue weighted by atomic mass is 32.1. The van der Waals surface area contributed by atoms with Crippen molar-refractivity contribution in [1.29, 1.82) is 0 Å². The van der Waals surface area contributed by atoms with Gasteiger partial charge in [0.05, 0.1) is 23.5 Å². The summed E-state index contributed by atoms with van der Waals surface area (Å²) in [5.41, 5.74) is 1.10. The zero-order chi connectivity index (χ0) is 17.1.